The molecule has 1 N–H and O–H groups in total. The van der Waals surface area contributed by atoms with Crippen LogP contribution in [0.25, 0.3) is 6.08 Å². The molecule has 0 bridgehead atoms. The molecule has 0 aliphatic heterocycles. The van der Waals surface area contributed by atoms with Crippen LogP contribution in [0.2, 0.25) is 0 Å². The van der Waals surface area contributed by atoms with Gasteiger partial charge in [-0.25, -0.2) is 0 Å². The molecule has 1 heterocycles. The summed E-state index contributed by atoms with van der Waals surface area (Å²) < 4.78 is 29.6. The maximum atomic E-state index is 10.5. The summed E-state index contributed by atoms with van der Waals surface area (Å²) in [6, 6.07) is 11.7. The van der Waals surface area contributed by atoms with E-state index in [9.17, 15) is 8.42 Å². The van der Waals surface area contributed by atoms with Gasteiger partial charge in [0.1, 0.15) is 0 Å². The van der Waals surface area contributed by atoms with Gasteiger partial charge in [0, 0.05) is 6.20 Å². The topological polar surface area (TPSA) is 67.3 Å². The van der Waals surface area contributed by atoms with E-state index in [1.165, 1.54) is 12.1 Å². The van der Waals surface area contributed by atoms with Crippen molar-refractivity contribution >= 4 is 16.2 Å². The van der Waals surface area contributed by atoms with Crippen molar-refractivity contribution in [3.05, 3.63) is 66.5 Å². The molecule has 19 heavy (non-hydrogen) atoms. The van der Waals surface area contributed by atoms with Crippen molar-refractivity contribution in [3.63, 3.8) is 0 Å². The van der Waals surface area contributed by atoms with E-state index in [4.69, 9.17) is 4.55 Å². The molecule has 0 aliphatic carbocycles. The second kappa shape index (κ2) is 6.82. The fraction of sp³-hybridized carbons (Fsp3) is 0.0714. The van der Waals surface area contributed by atoms with Crippen LogP contribution in [0.1, 0.15) is 11.3 Å². The fourth-order valence-corrected chi connectivity index (χ4v) is 1.69. The monoisotopic (exact) mass is 277 g/mol. The van der Waals surface area contributed by atoms with E-state index in [0.29, 0.717) is 0 Å². The van der Waals surface area contributed by atoms with Crippen LogP contribution in [-0.2, 0) is 10.1 Å². The van der Waals surface area contributed by atoms with Crippen molar-refractivity contribution in [1.29, 1.82) is 0 Å². The van der Waals surface area contributed by atoms with Crippen molar-refractivity contribution in [2.24, 2.45) is 0 Å². The molecule has 5 heteroatoms. The van der Waals surface area contributed by atoms with Gasteiger partial charge in [-0.1, -0.05) is 30.3 Å². The SMILES string of the molecule is C=Cc1ccccn1.Cc1ccc(S(=O)(=O)O)cc1. The maximum Gasteiger partial charge on any atom is 0.294 e. The molecule has 0 unspecified atom stereocenters. The first-order chi connectivity index (χ1) is 8.93. The second-order valence-electron chi connectivity index (χ2n) is 3.75. The minimum absolute atomic E-state index is 0.0666. The molecule has 0 spiro atoms. The Morgan fingerprint density at radius 3 is 2.16 bits per heavy atom. The van der Waals surface area contributed by atoms with Gasteiger partial charge in [0.25, 0.3) is 10.1 Å². The normalized spacial score (nSPS) is 10.2. The van der Waals surface area contributed by atoms with Gasteiger partial charge in [0.15, 0.2) is 0 Å². The van der Waals surface area contributed by atoms with Gasteiger partial charge in [-0.2, -0.15) is 8.42 Å². The highest BCUT2D eigenvalue weighted by Crippen LogP contribution is 2.08. The third-order valence-electron chi connectivity index (χ3n) is 2.22. The zero-order valence-corrected chi connectivity index (χ0v) is 11.3. The second-order valence-corrected chi connectivity index (χ2v) is 5.17. The highest BCUT2D eigenvalue weighted by Gasteiger charge is 2.06. The quantitative estimate of drug-likeness (QED) is 0.857. The molecule has 0 aliphatic rings. The van der Waals surface area contributed by atoms with E-state index in [2.05, 4.69) is 11.6 Å². The Morgan fingerprint density at radius 2 is 1.79 bits per heavy atom. The number of hydrogen-bond acceptors (Lipinski definition) is 3. The van der Waals surface area contributed by atoms with Gasteiger partial charge in [0.2, 0.25) is 0 Å². The highest BCUT2D eigenvalue weighted by molar-refractivity contribution is 7.85. The first-order valence-electron chi connectivity index (χ1n) is 5.51. The average Bonchev–Trinajstić information content (AvgIpc) is 2.40. The number of aryl methyl sites for hydroxylation is 1. The summed E-state index contributed by atoms with van der Waals surface area (Å²) in [6.07, 6.45) is 3.47. The van der Waals surface area contributed by atoms with Crippen LogP contribution in [0.5, 0.6) is 0 Å². The molecular formula is C14H15NO3S. The van der Waals surface area contributed by atoms with E-state index >= 15 is 0 Å². The first-order valence-corrected chi connectivity index (χ1v) is 6.95. The fourth-order valence-electron chi connectivity index (χ4n) is 1.21. The summed E-state index contributed by atoms with van der Waals surface area (Å²) in [5.74, 6) is 0. The number of pyridine rings is 1. The minimum atomic E-state index is -4.02. The van der Waals surface area contributed by atoms with Gasteiger partial charge in [0.05, 0.1) is 10.6 Å². The predicted molar refractivity (Wildman–Crippen MR) is 75.3 cm³/mol. The lowest BCUT2D eigenvalue weighted by Crippen LogP contribution is -1.96. The molecule has 1 aromatic carbocycles. The summed E-state index contributed by atoms with van der Waals surface area (Å²) in [5, 5.41) is 0. The highest BCUT2D eigenvalue weighted by atomic mass is 32.2. The van der Waals surface area contributed by atoms with Crippen molar-refractivity contribution in [2.75, 3.05) is 0 Å². The van der Waals surface area contributed by atoms with E-state index in [1.54, 1.807) is 24.4 Å². The first kappa shape index (κ1) is 15.1. The van der Waals surface area contributed by atoms with Crippen LogP contribution in [0.4, 0.5) is 0 Å². The van der Waals surface area contributed by atoms with Crippen LogP contribution in [0, 0.1) is 6.92 Å². The van der Waals surface area contributed by atoms with Crippen molar-refractivity contribution in [1.82, 2.24) is 4.98 Å². The molecule has 0 radical (unpaired) electrons. The number of rotatable bonds is 2. The molecule has 0 fully saturated rings. The molecule has 100 valence electrons. The van der Waals surface area contributed by atoms with Gasteiger partial charge in [-0.15, -0.1) is 0 Å². The van der Waals surface area contributed by atoms with Crippen LogP contribution >= 0.6 is 0 Å². The van der Waals surface area contributed by atoms with Gasteiger partial charge in [-0.05, 0) is 37.3 Å². The largest absolute Gasteiger partial charge is 0.294 e. The van der Waals surface area contributed by atoms with E-state index in [-0.39, 0.29) is 4.90 Å². The van der Waals surface area contributed by atoms with Gasteiger partial charge >= 0.3 is 0 Å². The van der Waals surface area contributed by atoms with Gasteiger partial charge < -0.3 is 0 Å². The molecular weight excluding hydrogens is 262 g/mol. The number of aromatic nitrogens is 1. The summed E-state index contributed by atoms with van der Waals surface area (Å²) >= 11 is 0. The lowest BCUT2D eigenvalue weighted by molar-refractivity contribution is 0.483. The van der Waals surface area contributed by atoms with Crippen LogP contribution in [0.3, 0.4) is 0 Å². The van der Waals surface area contributed by atoms with Crippen molar-refractivity contribution < 1.29 is 13.0 Å². The Hall–Kier alpha value is -1.98. The Bertz CT molecular complexity index is 620. The lowest BCUT2D eigenvalue weighted by atomic mass is 10.2. The Balaban J connectivity index is 0.000000200. The molecule has 0 atom stereocenters. The van der Waals surface area contributed by atoms with E-state index in [0.717, 1.165) is 11.3 Å². The number of hydrogen-bond donors (Lipinski definition) is 1. The molecule has 4 nitrogen and oxygen atoms in total. The number of nitrogens with zero attached hydrogens (tertiary/aromatic N) is 1. The lowest BCUT2D eigenvalue weighted by Gasteiger charge is -1.95. The van der Waals surface area contributed by atoms with Gasteiger partial charge in [-0.3, -0.25) is 9.54 Å². The Labute approximate surface area is 113 Å². The average molecular weight is 277 g/mol. The molecule has 2 rings (SSSR count). The predicted octanol–water partition coefficient (Wildman–Crippen LogP) is 2.97. The summed E-state index contributed by atoms with van der Waals surface area (Å²) in [6.45, 7) is 5.41. The van der Waals surface area contributed by atoms with E-state index in [1.807, 2.05) is 25.1 Å². The molecule has 0 saturated carbocycles. The van der Waals surface area contributed by atoms with Crippen LogP contribution in [-0.4, -0.2) is 18.0 Å². The summed E-state index contributed by atoms with van der Waals surface area (Å²) in [4.78, 5) is 3.91. The van der Waals surface area contributed by atoms with Crippen molar-refractivity contribution in [3.8, 4) is 0 Å². The molecule has 0 amide bonds. The van der Waals surface area contributed by atoms with E-state index < -0.39 is 10.1 Å². The molecule has 1 aromatic heterocycles. The zero-order valence-electron chi connectivity index (χ0n) is 10.5. The third kappa shape index (κ3) is 5.46. The van der Waals surface area contributed by atoms with Crippen molar-refractivity contribution in [2.45, 2.75) is 11.8 Å². The molecule has 2 aromatic rings. The van der Waals surface area contributed by atoms with Crippen LogP contribution < -0.4 is 0 Å². The molecule has 0 saturated heterocycles. The smallest absolute Gasteiger partial charge is 0.282 e. The van der Waals surface area contributed by atoms with Crippen LogP contribution in [0.15, 0.2) is 60.1 Å². The Kier molecular flexibility index (Phi) is 5.41. The third-order valence-corrected chi connectivity index (χ3v) is 3.08. The minimum Gasteiger partial charge on any atom is -0.282 e. The summed E-state index contributed by atoms with van der Waals surface area (Å²) in [5.41, 5.74) is 1.88. The standard InChI is InChI=1S/C7H7N.C7H8O3S/c1-2-7-5-3-4-6-8-7;1-6-2-4-7(5-3-6)11(8,9)10/h2-6H,1H2;2-5H,1H3,(H,8,9,10). The number of benzene rings is 1. The summed E-state index contributed by atoms with van der Waals surface area (Å²) in [7, 11) is -4.02. The Morgan fingerprint density at radius 1 is 1.16 bits per heavy atom. The maximum absolute atomic E-state index is 10.5. The zero-order chi connectivity index (χ0) is 14.3.